The largest absolute Gasteiger partial charge is 0.381 e. The molecule has 0 radical (unpaired) electrons. The van der Waals surface area contributed by atoms with Crippen LogP contribution in [0.3, 0.4) is 0 Å². The lowest BCUT2D eigenvalue weighted by atomic mass is 10.2. The summed E-state index contributed by atoms with van der Waals surface area (Å²) in [4.78, 5) is 0. The smallest absolute Gasteiger partial charge is 0.214 e. The standard InChI is InChI=1S/C14H22N2O3S/c15-7-8-16(10-13-4-2-1-3-5-13)20(17,18)12-14-6-9-19-11-14/h1-5,14H,6-12,15H2. The molecule has 1 atom stereocenters. The summed E-state index contributed by atoms with van der Waals surface area (Å²) in [5.41, 5.74) is 6.54. The van der Waals surface area contributed by atoms with E-state index >= 15 is 0 Å². The summed E-state index contributed by atoms with van der Waals surface area (Å²) in [7, 11) is -3.29. The zero-order chi connectivity index (χ0) is 14.4. The third kappa shape index (κ3) is 4.28. The number of rotatable bonds is 7. The average Bonchev–Trinajstić information content (AvgIpc) is 2.91. The van der Waals surface area contributed by atoms with Crippen LogP contribution in [0.4, 0.5) is 0 Å². The zero-order valence-electron chi connectivity index (χ0n) is 11.6. The van der Waals surface area contributed by atoms with E-state index in [0.717, 1.165) is 12.0 Å². The Bertz CT molecular complexity index is 498. The van der Waals surface area contributed by atoms with Gasteiger partial charge in [-0.1, -0.05) is 30.3 Å². The molecule has 0 aromatic heterocycles. The van der Waals surface area contributed by atoms with E-state index in [-0.39, 0.29) is 11.7 Å². The molecule has 1 fully saturated rings. The van der Waals surface area contributed by atoms with Crippen LogP contribution >= 0.6 is 0 Å². The summed E-state index contributed by atoms with van der Waals surface area (Å²) in [6.07, 6.45) is 0.820. The van der Waals surface area contributed by atoms with Gasteiger partial charge in [-0.15, -0.1) is 0 Å². The van der Waals surface area contributed by atoms with Crippen molar-refractivity contribution in [1.82, 2.24) is 4.31 Å². The molecule has 1 heterocycles. The van der Waals surface area contributed by atoms with Gasteiger partial charge in [0, 0.05) is 26.2 Å². The highest BCUT2D eigenvalue weighted by molar-refractivity contribution is 7.89. The van der Waals surface area contributed by atoms with Crippen molar-refractivity contribution in [1.29, 1.82) is 0 Å². The molecular formula is C14H22N2O3S. The van der Waals surface area contributed by atoms with E-state index in [2.05, 4.69) is 0 Å². The molecule has 1 unspecified atom stereocenters. The van der Waals surface area contributed by atoms with Crippen LogP contribution in [0.15, 0.2) is 30.3 Å². The third-order valence-corrected chi connectivity index (χ3v) is 5.44. The number of hydrogen-bond acceptors (Lipinski definition) is 4. The normalized spacial score (nSPS) is 19.6. The third-order valence-electron chi connectivity index (χ3n) is 3.44. The second-order valence-corrected chi connectivity index (χ2v) is 7.13. The highest BCUT2D eigenvalue weighted by Crippen LogP contribution is 2.18. The summed E-state index contributed by atoms with van der Waals surface area (Å²) in [5, 5.41) is 0. The van der Waals surface area contributed by atoms with Crippen molar-refractivity contribution in [3.05, 3.63) is 35.9 Å². The van der Waals surface area contributed by atoms with Crippen molar-refractivity contribution in [3.63, 3.8) is 0 Å². The van der Waals surface area contributed by atoms with Gasteiger partial charge in [0.1, 0.15) is 0 Å². The van der Waals surface area contributed by atoms with Gasteiger partial charge in [-0.25, -0.2) is 8.42 Å². The number of hydrogen-bond donors (Lipinski definition) is 1. The lowest BCUT2D eigenvalue weighted by Gasteiger charge is -2.23. The van der Waals surface area contributed by atoms with Crippen LogP contribution in [-0.2, 0) is 21.3 Å². The monoisotopic (exact) mass is 298 g/mol. The van der Waals surface area contributed by atoms with Crippen LogP contribution in [0, 0.1) is 5.92 Å². The van der Waals surface area contributed by atoms with Crippen molar-refractivity contribution in [2.45, 2.75) is 13.0 Å². The molecule has 6 heteroatoms. The molecule has 0 saturated carbocycles. The van der Waals surface area contributed by atoms with E-state index in [4.69, 9.17) is 10.5 Å². The first kappa shape index (κ1) is 15.4. The molecule has 20 heavy (non-hydrogen) atoms. The van der Waals surface area contributed by atoms with E-state index in [1.807, 2.05) is 30.3 Å². The molecule has 0 spiro atoms. The first-order valence-electron chi connectivity index (χ1n) is 6.91. The van der Waals surface area contributed by atoms with Crippen molar-refractivity contribution >= 4 is 10.0 Å². The molecule has 1 aliphatic rings. The lowest BCUT2D eigenvalue weighted by Crippen LogP contribution is -2.38. The Labute approximate surface area is 120 Å². The Morgan fingerprint density at radius 1 is 1.30 bits per heavy atom. The second kappa shape index (κ2) is 7.17. The molecule has 1 aliphatic heterocycles. The summed E-state index contributed by atoms with van der Waals surface area (Å²) < 4.78 is 31.7. The van der Waals surface area contributed by atoms with Crippen molar-refractivity contribution < 1.29 is 13.2 Å². The minimum absolute atomic E-state index is 0.107. The Hall–Kier alpha value is -0.950. The Morgan fingerprint density at radius 2 is 2.05 bits per heavy atom. The van der Waals surface area contributed by atoms with Crippen LogP contribution in [0.1, 0.15) is 12.0 Å². The number of nitrogens with zero attached hydrogens (tertiary/aromatic N) is 1. The van der Waals surface area contributed by atoms with Crippen LogP contribution in [0.5, 0.6) is 0 Å². The highest BCUT2D eigenvalue weighted by Gasteiger charge is 2.28. The van der Waals surface area contributed by atoms with Crippen LogP contribution in [0.25, 0.3) is 0 Å². The molecule has 0 aliphatic carbocycles. The van der Waals surface area contributed by atoms with Crippen LogP contribution < -0.4 is 5.73 Å². The second-order valence-electron chi connectivity index (χ2n) is 5.12. The molecular weight excluding hydrogens is 276 g/mol. The van der Waals surface area contributed by atoms with E-state index in [1.165, 1.54) is 4.31 Å². The fraction of sp³-hybridized carbons (Fsp3) is 0.571. The van der Waals surface area contributed by atoms with Gasteiger partial charge >= 0.3 is 0 Å². The number of benzene rings is 1. The van der Waals surface area contributed by atoms with E-state index in [0.29, 0.717) is 32.8 Å². The maximum Gasteiger partial charge on any atom is 0.214 e. The fourth-order valence-corrected chi connectivity index (χ4v) is 4.16. The van der Waals surface area contributed by atoms with Gasteiger partial charge in [-0.3, -0.25) is 0 Å². The molecule has 0 amide bonds. The van der Waals surface area contributed by atoms with Gasteiger partial charge in [0.2, 0.25) is 10.0 Å². The number of ether oxygens (including phenoxy) is 1. The quantitative estimate of drug-likeness (QED) is 0.808. The predicted octanol–water partition coefficient (Wildman–Crippen LogP) is 0.814. The summed E-state index contributed by atoms with van der Waals surface area (Å²) in [5.74, 6) is 0.260. The van der Waals surface area contributed by atoms with Crippen molar-refractivity contribution in [3.8, 4) is 0 Å². The Morgan fingerprint density at radius 3 is 2.65 bits per heavy atom. The summed E-state index contributed by atoms with van der Waals surface area (Å²) in [6.45, 7) is 2.27. The molecule has 2 rings (SSSR count). The molecule has 1 aromatic rings. The Kier molecular flexibility index (Phi) is 5.54. The van der Waals surface area contributed by atoms with Gasteiger partial charge in [-0.05, 0) is 17.9 Å². The average molecular weight is 298 g/mol. The van der Waals surface area contributed by atoms with E-state index < -0.39 is 10.0 Å². The number of sulfonamides is 1. The predicted molar refractivity (Wildman–Crippen MR) is 78.6 cm³/mol. The summed E-state index contributed by atoms with van der Waals surface area (Å²) in [6, 6.07) is 9.59. The molecule has 2 N–H and O–H groups in total. The highest BCUT2D eigenvalue weighted by atomic mass is 32.2. The Balaban J connectivity index is 2.06. The SMILES string of the molecule is NCCN(Cc1ccccc1)S(=O)(=O)CC1CCOC1. The molecule has 1 aromatic carbocycles. The maximum absolute atomic E-state index is 12.5. The van der Waals surface area contributed by atoms with Gasteiger partial charge in [0.05, 0.1) is 12.4 Å². The molecule has 112 valence electrons. The molecule has 0 bridgehead atoms. The van der Waals surface area contributed by atoms with Gasteiger partial charge in [0.25, 0.3) is 0 Å². The van der Waals surface area contributed by atoms with Crippen molar-refractivity contribution in [2.75, 3.05) is 32.1 Å². The van der Waals surface area contributed by atoms with Gasteiger partial charge in [0.15, 0.2) is 0 Å². The minimum atomic E-state index is -3.29. The number of nitrogens with two attached hydrogens (primary N) is 1. The van der Waals surface area contributed by atoms with E-state index in [1.54, 1.807) is 0 Å². The zero-order valence-corrected chi connectivity index (χ0v) is 12.4. The molecule has 5 nitrogen and oxygen atoms in total. The lowest BCUT2D eigenvalue weighted by molar-refractivity contribution is 0.188. The van der Waals surface area contributed by atoms with Crippen molar-refractivity contribution in [2.24, 2.45) is 11.7 Å². The van der Waals surface area contributed by atoms with Crippen LogP contribution in [0.2, 0.25) is 0 Å². The fourth-order valence-electron chi connectivity index (χ4n) is 2.37. The topological polar surface area (TPSA) is 72.6 Å². The minimum Gasteiger partial charge on any atom is -0.381 e. The first-order chi connectivity index (χ1) is 9.62. The van der Waals surface area contributed by atoms with Crippen LogP contribution in [-0.4, -0.2) is 44.8 Å². The van der Waals surface area contributed by atoms with Gasteiger partial charge in [-0.2, -0.15) is 4.31 Å². The van der Waals surface area contributed by atoms with Gasteiger partial charge < -0.3 is 10.5 Å². The van der Waals surface area contributed by atoms with E-state index in [9.17, 15) is 8.42 Å². The maximum atomic E-state index is 12.5. The first-order valence-corrected chi connectivity index (χ1v) is 8.52. The summed E-state index contributed by atoms with van der Waals surface area (Å²) >= 11 is 0. The molecule has 1 saturated heterocycles.